The number of alkyl halides is 3. The molecule has 0 aromatic heterocycles. The molecule has 14 heavy (non-hydrogen) atoms. The van der Waals surface area contributed by atoms with Gasteiger partial charge < -0.3 is 10.8 Å². The van der Waals surface area contributed by atoms with E-state index in [9.17, 15) is 13.2 Å². The van der Waals surface area contributed by atoms with Crippen LogP contribution in [0.3, 0.4) is 0 Å². The highest BCUT2D eigenvalue weighted by atomic mass is 19.4. The second kappa shape index (κ2) is 4.46. The van der Waals surface area contributed by atoms with Gasteiger partial charge >= 0.3 is 6.18 Å². The Hall–Kier alpha value is -0.330. The molecule has 3 N–H and O–H groups in total. The van der Waals surface area contributed by atoms with Gasteiger partial charge in [0.2, 0.25) is 0 Å². The minimum atomic E-state index is -4.18. The normalized spacial score (nSPS) is 20.1. The van der Waals surface area contributed by atoms with E-state index in [1.807, 2.05) is 0 Å². The molecular weight excluding hydrogens is 197 g/mol. The Kier molecular flexibility index (Phi) is 3.74. The summed E-state index contributed by atoms with van der Waals surface area (Å²) in [6.07, 6.45) is -2.58. The average molecular weight is 212 g/mol. The molecule has 0 aromatic carbocycles. The van der Waals surface area contributed by atoms with Gasteiger partial charge in [-0.3, -0.25) is 4.90 Å². The van der Waals surface area contributed by atoms with Crippen molar-refractivity contribution >= 4 is 0 Å². The standard InChI is InChI=1S/C8H15F3N2O/c9-8(10,11)5-13(7-1-2-7)3-6(12)4-14/h6-7,14H,1-5,12H2. The van der Waals surface area contributed by atoms with Crippen LogP contribution in [-0.2, 0) is 0 Å². The number of hydrogen-bond donors (Lipinski definition) is 2. The van der Waals surface area contributed by atoms with Gasteiger partial charge in [-0.25, -0.2) is 0 Å². The van der Waals surface area contributed by atoms with Gasteiger partial charge in [-0.1, -0.05) is 0 Å². The van der Waals surface area contributed by atoms with E-state index in [4.69, 9.17) is 10.8 Å². The summed E-state index contributed by atoms with van der Waals surface area (Å²) < 4.78 is 36.3. The maximum absolute atomic E-state index is 12.1. The van der Waals surface area contributed by atoms with Crippen molar-refractivity contribution < 1.29 is 18.3 Å². The SMILES string of the molecule is NC(CO)CN(CC(F)(F)F)C1CC1. The fourth-order valence-electron chi connectivity index (χ4n) is 1.37. The van der Waals surface area contributed by atoms with Crippen molar-refractivity contribution in [3.8, 4) is 0 Å². The van der Waals surface area contributed by atoms with Gasteiger partial charge in [-0.2, -0.15) is 13.2 Å². The van der Waals surface area contributed by atoms with Gasteiger partial charge in [0, 0.05) is 18.6 Å². The van der Waals surface area contributed by atoms with Crippen molar-refractivity contribution in [1.82, 2.24) is 4.90 Å². The molecule has 0 amide bonds. The van der Waals surface area contributed by atoms with E-state index < -0.39 is 18.8 Å². The number of hydrogen-bond acceptors (Lipinski definition) is 3. The molecule has 6 heteroatoms. The predicted octanol–water partition coefficient (Wildman–Crippen LogP) is 0.333. The summed E-state index contributed by atoms with van der Waals surface area (Å²) in [6.45, 7) is -1.09. The Balaban J connectivity index is 2.39. The van der Waals surface area contributed by atoms with E-state index in [0.717, 1.165) is 12.8 Å². The molecule has 1 fully saturated rings. The summed E-state index contributed by atoms with van der Waals surface area (Å²) in [6, 6.07) is -0.577. The Labute approximate surface area is 80.7 Å². The quantitative estimate of drug-likeness (QED) is 0.690. The second-order valence-electron chi connectivity index (χ2n) is 3.72. The van der Waals surface area contributed by atoms with Crippen LogP contribution in [0.4, 0.5) is 13.2 Å². The summed E-state index contributed by atoms with van der Waals surface area (Å²) in [5.74, 6) is 0. The summed E-state index contributed by atoms with van der Waals surface area (Å²) in [7, 11) is 0. The molecule has 1 rings (SSSR count). The maximum atomic E-state index is 12.1. The van der Waals surface area contributed by atoms with Crippen molar-refractivity contribution in [2.75, 3.05) is 19.7 Å². The van der Waals surface area contributed by atoms with Crippen molar-refractivity contribution in [3.05, 3.63) is 0 Å². The van der Waals surface area contributed by atoms with E-state index in [1.54, 1.807) is 0 Å². The summed E-state index contributed by atoms with van der Waals surface area (Å²) in [5.41, 5.74) is 5.40. The third kappa shape index (κ3) is 4.26. The highest BCUT2D eigenvalue weighted by Gasteiger charge is 2.38. The first-order valence-corrected chi connectivity index (χ1v) is 4.59. The number of aliphatic hydroxyl groups is 1. The molecule has 1 saturated carbocycles. The zero-order valence-electron chi connectivity index (χ0n) is 7.80. The fourth-order valence-corrected chi connectivity index (χ4v) is 1.37. The topological polar surface area (TPSA) is 49.5 Å². The van der Waals surface area contributed by atoms with E-state index >= 15 is 0 Å². The third-order valence-electron chi connectivity index (χ3n) is 2.15. The molecule has 84 valence electrons. The van der Waals surface area contributed by atoms with Crippen molar-refractivity contribution in [2.45, 2.75) is 31.1 Å². The van der Waals surface area contributed by atoms with E-state index in [1.165, 1.54) is 4.90 Å². The van der Waals surface area contributed by atoms with Crippen LogP contribution in [0.25, 0.3) is 0 Å². The van der Waals surface area contributed by atoms with Gasteiger partial charge in [-0.05, 0) is 12.8 Å². The lowest BCUT2D eigenvalue weighted by Gasteiger charge is -2.25. The molecule has 1 aliphatic rings. The van der Waals surface area contributed by atoms with E-state index in [-0.39, 0.29) is 19.2 Å². The van der Waals surface area contributed by atoms with Crippen molar-refractivity contribution in [2.24, 2.45) is 5.73 Å². The molecule has 1 aliphatic carbocycles. The molecule has 0 radical (unpaired) electrons. The van der Waals surface area contributed by atoms with Crippen LogP contribution >= 0.6 is 0 Å². The highest BCUT2D eigenvalue weighted by molar-refractivity contribution is 4.87. The lowest BCUT2D eigenvalue weighted by molar-refractivity contribution is -0.147. The minimum Gasteiger partial charge on any atom is -0.395 e. The first kappa shape index (κ1) is 11.7. The van der Waals surface area contributed by atoms with Crippen molar-refractivity contribution in [3.63, 3.8) is 0 Å². The fraction of sp³-hybridized carbons (Fsp3) is 1.00. The average Bonchev–Trinajstić information content (AvgIpc) is 2.82. The maximum Gasteiger partial charge on any atom is 0.401 e. The molecule has 1 unspecified atom stereocenters. The summed E-state index contributed by atoms with van der Waals surface area (Å²) in [5, 5.41) is 8.65. The molecule has 0 saturated heterocycles. The number of nitrogens with zero attached hydrogens (tertiary/aromatic N) is 1. The molecule has 0 heterocycles. The zero-order valence-corrected chi connectivity index (χ0v) is 7.80. The van der Waals surface area contributed by atoms with Gasteiger partial charge in [0.15, 0.2) is 0 Å². The van der Waals surface area contributed by atoms with Crippen LogP contribution in [0, 0.1) is 0 Å². The molecule has 0 spiro atoms. The lowest BCUT2D eigenvalue weighted by atomic mass is 10.3. The minimum absolute atomic E-state index is 0.00854. The lowest BCUT2D eigenvalue weighted by Crippen LogP contribution is -2.44. The second-order valence-corrected chi connectivity index (χ2v) is 3.72. The van der Waals surface area contributed by atoms with Crippen LogP contribution in [0.5, 0.6) is 0 Å². The molecule has 0 bridgehead atoms. The van der Waals surface area contributed by atoms with Crippen molar-refractivity contribution in [1.29, 1.82) is 0 Å². The van der Waals surface area contributed by atoms with Crippen LogP contribution in [0.2, 0.25) is 0 Å². The number of rotatable bonds is 5. The van der Waals surface area contributed by atoms with Gasteiger partial charge in [0.05, 0.1) is 13.2 Å². The molecular formula is C8H15F3N2O. The zero-order chi connectivity index (χ0) is 10.8. The smallest absolute Gasteiger partial charge is 0.395 e. The number of halogens is 3. The Bertz CT molecular complexity index is 182. The van der Waals surface area contributed by atoms with Crippen LogP contribution in [0.15, 0.2) is 0 Å². The largest absolute Gasteiger partial charge is 0.401 e. The first-order chi connectivity index (χ1) is 6.42. The Morgan fingerprint density at radius 1 is 1.43 bits per heavy atom. The number of aliphatic hydroxyl groups excluding tert-OH is 1. The van der Waals surface area contributed by atoms with E-state index in [2.05, 4.69) is 0 Å². The molecule has 3 nitrogen and oxygen atoms in total. The Morgan fingerprint density at radius 3 is 2.36 bits per heavy atom. The van der Waals surface area contributed by atoms with Crippen LogP contribution < -0.4 is 5.73 Å². The molecule has 1 atom stereocenters. The molecule has 0 aromatic rings. The monoisotopic (exact) mass is 212 g/mol. The Morgan fingerprint density at radius 2 is 2.00 bits per heavy atom. The first-order valence-electron chi connectivity index (χ1n) is 4.59. The summed E-state index contributed by atoms with van der Waals surface area (Å²) >= 11 is 0. The van der Waals surface area contributed by atoms with Gasteiger partial charge in [0.1, 0.15) is 0 Å². The summed E-state index contributed by atoms with van der Waals surface area (Å²) in [4.78, 5) is 1.31. The van der Waals surface area contributed by atoms with Crippen LogP contribution in [0.1, 0.15) is 12.8 Å². The molecule has 0 aliphatic heterocycles. The predicted molar refractivity (Wildman–Crippen MR) is 45.7 cm³/mol. The number of nitrogens with two attached hydrogens (primary N) is 1. The third-order valence-corrected chi connectivity index (χ3v) is 2.15. The van der Waals surface area contributed by atoms with Gasteiger partial charge in [0.25, 0.3) is 0 Å². The van der Waals surface area contributed by atoms with Gasteiger partial charge in [-0.15, -0.1) is 0 Å². The van der Waals surface area contributed by atoms with Crippen LogP contribution in [-0.4, -0.2) is 48.0 Å². The van der Waals surface area contributed by atoms with E-state index in [0.29, 0.717) is 0 Å². The highest BCUT2D eigenvalue weighted by Crippen LogP contribution is 2.29.